The molecule has 0 radical (unpaired) electrons. The van der Waals surface area contributed by atoms with Crippen molar-refractivity contribution >= 4 is 33.5 Å². The van der Waals surface area contributed by atoms with E-state index in [1.807, 2.05) is 42.6 Å². The van der Waals surface area contributed by atoms with E-state index in [4.69, 9.17) is 16.7 Å². The monoisotopic (exact) mass is 837 g/mol. The maximum Gasteiger partial charge on any atom is 0.416 e. The SMILES string of the molecule is CCCc1cc(C(N)=NO)c(-c2cc(F)cc(F)c2)c(-c2ccc3[nH]ccc3c2)c1.NC(=NO)c1cc(C(F)(F)F)cc(-c2ccc3[nH]ncc3c2)c1-c1cc(F)cc(F)c1. The summed E-state index contributed by atoms with van der Waals surface area (Å²) in [6.45, 7) is 2.06. The maximum absolute atomic E-state index is 14.1. The first-order chi connectivity index (χ1) is 29.2. The van der Waals surface area contributed by atoms with Gasteiger partial charge in [-0.2, -0.15) is 18.3 Å². The predicted octanol–water partition coefficient (Wildman–Crippen LogP) is 11.1. The summed E-state index contributed by atoms with van der Waals surface area (Å²) in [6.07, 6.45) is 0.262. The van der Waals surface area contributed by atoms with Gasteiger partial charge in [-0.25, -0.2) is 17.6 Å². The van der Waals surface area contributed by atoms with E-state index in [1.54, 1.807) is 12.1 Å². The van der Waals surface area contributed by atoms with Gasteiger partial charge in [-0.1, -0.05) is 41.9 Å². The molecule has 2 aromatic heterocycles. The van der Waals surface area contributed by atoms with Crippen molar-refractivity contribution in [2.75, 3.05) is 0 Å². The van der Waals surface area contributed by atoms with E-state index >= 15 is 0 Å². The molecule has 0 aliphatic rings. The third kappa shape index (κ3) is 8.73. The predicted molar refractivity (Wildman–Crippen MR) is 220 cm³/mol. The number of nitrogens with two attached hydrogens (primary N) is 2. The zero-order valence-corrected chi connectivity index (χ0v) is 31.9. The van der Waals surface area contributed by atoms with Crippen LogP contribution in [0, 0.1) is 23.3 Å². The summed E-state index contributed by atoms with van der Waals surface area (Å²) in [6, 6.07) is 23.8. The van der Waals surface area contributed by atoms with Crippen LogP contribution in [0.25, 0.3) is 66.3 Å². The lowest BCUT2D eigenvalue weighted by molar-refractivity contribution is -0.137. The van der Waals surface area contributed by atoms with Gasteiger partial charge < -0.3 is 26.9 Å². The Kier molecular flexibility index (Phi) is 11.5. The number of fused-ring (bicyclic) bond motifs is 2. The van der Waals surface area contributed by atoms with E-state index < -0.39 is 40.8 Å². The van der Waals surface area contributed by atoms with Crippen LogP contribution >= 0.6 is 0 Å². The molecule has 8 aromatic rings. The van der Waals surface area contributed by atoms with E-state index in [0.717, 1.165) is 64.7 Å². The first-order valence-electron chi connectivity index (χ1n) is 18.5. The van der Waals surface area contributed by atoms with Crippen molar-refractivity contribution in [2.24, 2.45) is 21.8 Å². The molecule has 8 rings (SSSR count). The third-order valence-electron chi connectivity index (χ3n) is 9.89. The van der Waals surface area contributed by atoms with Gasteiger partial charge in [0.1, 0.15) is 23.3 Å². The highest BCUT2D eigenvalue weighted by atomic mass is 19.4. The van der Waals surface area contributed by atoms with Gasteiger partial charge in [-0.3, -0.25) is 5.10 Å². The summed E-state index contributed by atoms with van der Waals surface area (Å²) in [5.41, 5.74) is 16.0. The highest BCUT2D eigenvalue weighted by Gasteiger charge is 2.33. The lowest BCUT2D eigenvalue weighted by Gasteiger charge is -2.19. The molecule has 0 saturated heterocycles. The molecule has 6 aromatic carbocycles. The Morgan fingerprint density at radius 1 is 0.623 bits per heavy atom. The fourth-order valence-electron chi connectivity index (χ4n) is 7.26. The number of oxime groups is 2. The Morgan fingerprint density at radius 2 is 1.15 bits per heavy atom. The lowest BCUT2D eigenvalue weighted by Crippen LogP contribution is -2.17. The largest absolute Gasteiger partial charge is 0.416 e. The molecule has 8 N–H and O–H groups in total. The van der Waals surface area contributed by atoms with Crippen molar-refractivity contribution in [2.45, 2.75) is 25.9 Å². The zero-order valence-electron chi connectivity index (χ0n) is 31.9. The van der Waals surface area contributed by atoms with E-state index in [-0.39, 0.29) is 28.1 Å². The molecule has 0 saturated carbocycles. The van der Waals surface area contributed by atoms with E-state index in [2.05, 4.69) is 32.4 Å². The summed E-state index contributed by atoms with van der Waals surface area (Å²) in [5, 5.41) is 32.7. The molecule has 16 heteroatoms. The number of hydrogen-bond acceptors (Lipinski definition) is 5. The number of aromatic nitrogens is 3. The molecule has 0 aliphatic heterocycles. The topological polar surface area (TPSA) is 162 Å². The third-order valence-corrected chi connectivity index (χ3v) is 9.89. The van der Waals surface area contributed by atoms with Crippen LogP contribution < -0.4 is 11.5 Å². The Morgan fingerprint density at radius 3 is 1.69 bits per heavy atom. The molecule has 0 fully saturated rings. The maximum atomic E-state index is 14.1. The Bertz CT molecular complexity index is 2950. The second-order valence-corrected chi connectivity index (χ2v) is 14.0. The minimum absolute atomic E-state index is 0.00970. The van der Waals surface area contributed by atoms with Crippen LogP contribution in [-0.4, -0.2) is 37.3 Å². The highest BCUT2D eigenvalue weighted by molar-refractivity contribution is 6.08. The summed E-state index contributed by atoms with van der Waals surface area (Å²) >= 11 is 0. The number of hydrogen-bond donors (Lipinski definition) is 6. The summed E-state index contributed by atoms with van der Waals surface area (Å²) in [7, 11) is 0. The zero-order chi connectivity index (χ0) is 43.6. The van der Waals surface area contributed by atoms with Crippen LogP contribution in [-0.2, 0) is 12.6 Å². The number of alkyl halides is 3. The molecular formula is C45H34F7N7O2. The first-order valence-corrected chi connectivity index (χ1v) is 18.5. The summed E-state index contributed by atoms with van der Waals surface area (Å²) in [4.78, 5) is 3.16. The van der Waals surface area contributed by atoms with Crippen molar-refractivity contribution in [1.29, 1.82) is 0 Å². The average molecular weight is 838 g/mol. The van der Waals surface area contributed by atoms with E-state index in [1.165, 1.54) is 24.4 Å². The Labute approximate surface area is 342 Å². The second kappa shape index (κ2) is 16.9. The normalized spacial score (nSPS) is 12.2. The van der Waals surface area contributed by atoms with Crippen LogP contribution in [0.15, 0.2) is 126 Å². The molecule has 0 amide bonds. The molecule has 0 unspecified atom stereocenters. The van der Waals surface area contributed by atoms with Gasteiger partial charge >= 0.3 is 6.18 Å². The number of benzene rings is 6. The van der Waals surface area contributed by atoms with Crippen molar-refractivity contribution in [3.05, 3.63) is 161 Å². The second-order valence-electron chi connectivity index (χ2n) is 14.0. The van der Waals surface area contributed by atoms with Gasteiger partial charge in [0.15, 0.2) is 11.7 Å². The Balaban J connectivity index is 0.000000184. The lowest BCUT2D eigenvalue weighted by atomic mass is 9.87. The van der Waals surface area contributed by atoms with Crippen molar-refractivity contribution in [3.8, 4) is 44.5 Å². The van der Waals surface area contributed by atoms with E-state index in [9.17, 15) is 35.9 Å². The molecular weight excluding hydrogens is 804 g/mol. The van der Waals surface area contributed by atoms with Gasteiger partial charge in [0.25, 0.3) is 0 Å². The number of H-pyrrole nitrogens is 2. The molecule has 0 spiro atoms. The number of nitrogens with zero attached hydrogens (tertiary/aromatic N) is 3. The van der Waals surface area contributed by atoms with E-state index in [0.29, 0.717) is 45.3 Å². The van der Waals surface area contributed by atoms with Crippen molar-refractivity contribution < 1.29 is 41.1 Å². The van der Waals surface area contributed by atoms with Crippen LogP contribution in [0.4, 0.5) is 30.7 Å². The standard InChI is InChI=1S/C24H21F2N3O.C21H13F5N4O/c1-2-3-14-8-20(15-4-5-22-16(10-15)6-7-28-22)23(21(9-14)24(27)29-30)17-11-18(25)13-19(26)12-17;22-14-4-11(5-15(23)8-14)19-16(10-1-2-18-12(3-10)9-28-29-18)6-13(21(24,25)26)7-17(19)20(27)30-31/h4-13,28,30H,2-3H2,1H3,(H2,27,29);1-9,31H,(H2,27,30)(H,28,29). The number of amidine groups is 2. The quantitative estimate of drug-likeness (QED) is 0.0295. The van der Waals surface area contributed by atoms with Gasteiger partial charge in [-0.15, -0.1) is 0 Å². The van der Waals surface area contributed by atoms with Crippen LogP contribution in [0.1, 0.15) is 35.6 Å². The number of nitrogens with one attached hydrogen (secondary N) is 2. The van der Waals surface area contributed by atoms with Crippen molar-refractivity contribution in [3.63, 3.8) is 0 Å². The van der Waals surface area contributed by atoms with Crippen LogP contribution in [0.3, 0.4) is 0 Å². The Hall–Kier alpha value is -7.62. The smallest absolute Gasteiger partial charge is 0.409 e. The van der Waals surface area contributed by atoms with Crippen LogP contribution in [0.2, 0.25) is 0 Å². The minimum Gasteiger partial charge on any atom is -0.409 e. The minimum atomic E-state index is -4.76. The fourth-order valence-corrected chi connectivity index (χ4v) is 7.26. The highest BCUT2D eigenvalue weighted by Crippen LogP contribution is 2.42. The molecule has 9 nitrogen and oxygen atoms in total. The average Bonchev–Trinajstić information content (AvgIpc) is 3.91. The fraction of sp³-hybridized carbons (Fsp3) is 0.0889. The van der Waals surface area contributed by atoms with Gasteiger partial charge in [0, 0.05) is 51.5 Å². The molecule has 0 bridgehead atoms. The molecule has 61 heavy (non-hydrogen) atoms. The number of rotatable bonds is 8. The van der Waals surface area contributed by atoms with Crippen molar-refractivity contribution in [1.82, 2.24) is 15.2 Å². The summed E-state index contributed by atoms with van der Waals surface area (Å²) < 4.78 is 96.9. The van der Waals surface area contributed by atoms with Gasteiger partial charge in [-0.05, 0) is 124 Å². The summed E-state index contributed by atoms with van der Waals surface area (Å²) in [5.74, 6) is -4.01. The molecule has 0 atom stereocenters. The number of halogens is 7. The van der Waals surface area contributed by atoms with Crippen LogP contribution in [0.5, 0.6) is 0 Å². The first kappa shape index (κ1) is 41.5. The molecule has 0 aliphatic carbocycles. The molecule has 2 heterocycles. The van der Waals surface area contributed by atoms with Gasteiger partial charge in [0.2, 0.25) is 0 Å². The number of aromatic amines is 2. The molecule has 310 valence electrons. The number of aryl methyl sites for hydroxylation is 1. The van der Waals surface area contributed by atoms with Gasteiger partial charge in [0.05, 0.1) is 17.3 Å².